The van der Waals surface area contributed by atoms with Gasteiger partial charge in [-0.1, -0.05) is 13.3 Å². The largest absolute Gasteiger partial charge is 0.466 e. The predicted molar refractivity (Wildman–Crippen MR) is 52.4 cm³/mol. The van der Waals surface area contributed by atoms with E-state index in [1.165, 1.54) is 19.3 Å². The molecule has 0 amide bonds. The summed E-state index contributed by atoms with van der Waals surface area (Å²) in [5.74, 6) is 1.07. The average molecular weight is 184 g/mol. The van der Waals surface area contributed by atoms with Crippen molar-refractivity contribution < 1.29 is 9.53 Å². The summed E-state index contributed by atoms with van der Waals surface area (Å²) in [5, 5.41) is 0. The second-order valence-electron chi connectivity index (χ2n) is 3.88. The quantitative estimate of drug-likeness (QED) is 0.630. The highest BCUT2D eigenvalue weighted by molar-refractivity contribution is 5.72. The van der Waals surface area contributed by atoms with Crippen LogP contribution in [0, 0.1) is 11.8 Å². The van der Waals surface area contributed by atoms with E-state index in [1.807, 2.05) is 6.92 Å². The maximum Gasteiger partial charge on any atom is 0.308 e. The molecule has 1 aliphatic carbocycles. The van der Waals surface area contributed by atoms with Crippen molar-refractivity contribution in [1.29, 1.82) is 0 Å². The first-order valence-electron chi connectivity index (χ1n) is 5.44. The number of hydrogen-bond donors (Lipinski definition) is 0. The maximum atomic E-state index is 11.4. The zero-order chi connectivity index (χ0) is 9.68. The lowest BCUT2D eigenvalue weighted by Gasteiger charge is -2.26. The third-order valence-corrected chi connectivity index (χ3v) is 3.04. The molecule has 76 valence electrons. The smallest absolute Gasteiger partial charge is 0.308 e. The summed E-state index contributed by atoms with van der Waals surface area (Å²) in [7, 11) is 0. The Morgan fingerprint density at radius 3 is 2.31 bits per heavy atom. The van der Waals surface area contributed by atoms with E-state index in [9.17, 15) is 4.79 Å². The molecule has 2 nitrogen and oxygen atoms in total. The summed E-state index contributed by atoms with van der Waals surface area (Å²) >= 11 is 0. The van der Waals surface area contributed by atoms with Crippen LogP contribution in [0.2, 0.25) is 0 Å². The SMILES string of the molecule is CCOC(=O)[C@H]1CC[C@@H](CC)CC1. The lowest BCUT2D eigenvalue weighted by atomic mass is 9.81. The van der Waals surface area contributed by atoms with Crippen LogP contribution < -0.4 is 0 Å². The molecule has 0 radical (unpaired) electrons. The zero-order valence-electron chi connectivity index (χ0n) is 8.71. The first kappa shape index (κ1) is 10.6. The van der Waals surface area contributed by atoms with Gasteiger partial charge in [0.1, 0.15) is 0 Å². The third-order valence-electron chi connectivity index (χ3n) is 3.04. The number of rotatable bonds is 3. The number of esters is 1. The van der Waals surface area contributed by atoms with E-state index in [1.54, 1.807) is 0 Å². The van der Waals surface area contributed by atoms with Gasteiger partial charge in [-0.15, -0.1) is 0 Å². The monoisotopic (exact) mass is 184 g/mol. The zero-order valence-corrected chi connectivity index (χ0v) is 8.71. The fourth-order valence-electron chi connectivity index (χ4n) is 2.07. The van der Waals surface area contributed by atoms with E-state index in [0.717, 1.165) is 18.8 Å². The predicted octanol–water partition coefficient (Wildman–Crippen LogP) is 2.77. The number of ether oxygens (including phenoxy) is 1. The summed E-state index contributed by atoms with van der Waals surface area (Å²) in [6.45, 7) is 4.62. The molecule has 13 heavy (non-hydrogen) atoms. The lowest BCUT2D eigenvalue weighted by molar-refractivity contribution is -0.149. The molecule has 1 aliphatic rings. The van der Waals surface area contributed by atoms with Gasteiger partial charge in [0, 0.05) is 0 Å². The van der Waals surface area contributed by atoms with Crippen LogP contribution in [0.5, 0.6) is 0 Å². The van der Waals surface area contributed by atoms with Gasteiger partial charge in [-0.2, -0.15) is 0 Å². The van der Waals surface area contributed by atoms with Crippen molar-refractivity contribution in [2.45, 2.75) is 46.0 Å². The van der Waals surface area contributed by atoms with E-state index in [2.05, 4.69) is 6.92 Å². The van der Waals surface area contributed by atoms with Gasteiger partial charge in [-0.3, -0.25) is 4.79 Å². The summed E-state index contributed by atoms with van der Waals surface area (Å²) < 4.78 is 5.01. The lowest BCUT2D eigenvalue weighted by Crippen LogP contribution is -2.23. The molecule has 0 aromatic rings. The Labute approximate surface area is 80.7 Å². The van der Waals surface area contributed by atoms with E-state index < -0.39 is 0 Å². The summed E-state index contributed by atoms with van der Waals surface area (Å²) in [6.07, 6.45) is 5.75. The minimum Gasteiger partial charge on any atom is -0.466 e. The van der Waals surface area contributed by atoms with E-state index in [0.29, 0.717) is 6.61 Å². The number of hydrogen-bond acceptors (Lipinski definition) is 2. The van der Waals surface area contributed by atoms with Gasteiger partial charge >= 0.3 is 5.97 Å². The van der Waals surface area contributed by atoms with Gasteiger partial charge in [0.2, 0.25) is 0 Å². The first-order chi connectivity index (χ1) is 6.27. The van der Waals surface area contributed by atoms with Crippen LogP contribution in [-0.2, 0) is 9.53 Å². The molecule has 0 aliphatic heterocycles. The summed E-state index contributed by atoms with van der Waals surface area (Å²) in [5.41, 5.74) is 0. The van der Waals surface area contributed by atoms with Gasteiger partial charge in [0.05, 0.1) is 12.5 Å². The van der Waals surface area contributed by atoms with Crippen LogP contribution >= 0.6 is 0 Å². The fourth-order valence-corrected chi connectivity index (χ4v) is 2.07. The van der Waals surface area contributed by atoms with E-state index in [-0.39, 0.29) is 11.9 Å². The molecule has 0 bridgehead atoms. The van der Waals surface area contributed by atoms with Crippen LogP contribution in [-0.4, -0.2) is 12.6 Å². The maximum absolute atomic E-state index is 11.4. The molecule has 2 heteroatoms. The van der Waals surface area contributed by atoms with Crippen LogP contribution in [0.15, 0.2) is 0 Å². The molecule has 0 N–H and O–H groups in total. The highest BCUT2D eigenvalue weighted by Gasteiger charge is 2.25. The van der Waals surface area contributed by atoms with Crippen molar-refractivity contribution in [3.8, 4) is 0 Å². The molecule has 0 unspecified atom stereocenters. The van der Waals surface area contributed by atoms with Gasteiger partial charge in [-0.05, 0) is 38.5 Å². The van der Waals surface area contributed by atoms with Crippen molar-refractivity contribution in [2.24, 2.45) is 11.8 Å². The Balaban J connectivity index is 2.28. The minimum absolute atomic E-state index is 0.0250. The molecule has 0 atom stereocenters. The van der Waals surface area contributed by atoms with Gasteiger partial charge < -0.3 is 4.74 Å². The second-order valence-corrected chi connectivity index (χ2v) is 3.88. The molecule has 0 aromatic carbocycles. The van der Waals surface area contributed by atoms with Gasteiger partial charge in [0.15, 0.2) is 0 Å². The highest BCUT2D eigenvalue weighted by Crippen LogP contribution is 2.31. The van der Waals surface area contributed by atoms with Crippen molar-refractivity contribution in [3.05, 3.63) is 0 Å². The van der Waals surface area contributed by atoms with Crippen molar-refractivity contribution >= 4 is 5.97 Å². The molecule has 1 saturated carbocycles. The molecular weight excluding hydrogens is 164 g/mol. The van der Waals surface area contributed by atoms with Crippen LogP contribution in [0.3, 0.4) is 0 Å². The third kappa shape index (κ3) is 3.02. The van der Waals surface area contributed by atoms with Gasteiger partial charge in [0.25, 0.3) is 0 Å². The summed E-state index contributed by atoms with van der Waals surface area (Å²) in [6, 6.07) is 0. The van der Waals surface area contributed by atoms with Crippen molar-refractivity contribution in [3.63, 3.8) is 0 Å². The molecule has 0 saturated heterocycles. The normalized spacial score (nSPS) is 28.5. The Bertz CT molecular complexity index is 157. The minimum atomic E-state index is 0.0250. The molecule has 0 spiro atoms. The standard InChI is InChI=1S/C11H20O2/c1-3-9-5-7-10(8-6-9)11(12)13-4-2/h9-10H,3-8H2,1-2H3/t9-,10+. The van der Waals surface area contributed by atoms with Gasteiger partial charge in [-0.25, -0.2) is 0 Å². The fraction of sp³-hybridized carbons (Fsp3) is 0.909. The second kappa shape index (κ2) is 5.25. The average Bonchev–Trinajstić information content (AvgIpc) is 2.18. The van der Waals surface area contributed by atoms with Crippen LogP contribution in [0.1, 0.15) is 46.0 Å². The van der Waals surface area contributed by atoms with Crippen LogP contribution in [0.4, 0.5) is 0 Å². The highest BCUT2D eigenvalue weighted by atomic mass is 16.5. The molecule has 0 heterocycles. The molecule has 1 fully saturated rings. The molecular formula is C11H20O2. The Morgan fingerprint density at radius 2 is 1.85 bits per heavy atom. The topological polar surface area (TPSA) is 26.3 Å². The Hall–Kier alpha value is -0.530. The number of carbonyl (C=O) groups is 1. The van der Waals surface area contributed by atoms with Crippen molar-refractivity contribution in [2.75, 3.05) is 6.61 Å². The molecule has 1 rings (SSSR count). The number of carbonyl (C=O) groups excluding carboxylic acids is 1. The molecule has 0 aromatic heterocycles. The summed E-state index contributed by atoms with van der Waals surface area (Å²) in [4.78, 5) is 11.4. The Kier molecular flexibility index (Phi) is 4.26. The van der Waals surface area contributed by atoms with Crippen molar-refractivity contribution in [1.82, 2.24) is 0 Å². The first-order valence-corrected chi connectivity index (χ1v) is 5.44. The van der Waals surface area contributed by atoms with E-state index in [4.69, 9.17) is 4.74 Å². The van der Waals surface area contributed by atoms with Crippen LogP contribution in [0.25, 0.3) is 0 Å². The van der Waals surface area contributed by atoms with E-state index >= 15 is 0 Å². The Morgan fingerprint density at radius 1 is 1.23 bits per heavy atom.